The van der Waals surface area contributed by atoms with Crippen LogP contribution in [0.4, 0.5) is 0 Å². The first-order chi connectivity index (χ1) is 8.65. The third kappa shape index (κ3) is 3.53. The van der Waals surface area contributed by atoms with Crippen LogP contribution >= 0.6 is 0 Å². The molecule has 0 atom stereocenters. The van der Waals surface area contributed by atoms with E-state index in [1.54, 1.807) is 0 Å². The number of piperazine rings is 1. The molecule has 0 bridgehead atoms. The van der Waals surface area contributed by atoms with Gasteiger partial charge in [-0.25, -0.2) is 0 Å². The fraction of sp³-hybridized carbons (Fsp3) is 0.571. The first-order valence-corrected chi connectivity index (χ1v) is 6.70. The quantitative estimate of drug-likeness (QED) is 0.848. The minimum atomic E-state index is 0.471. The molecule has 1 aliphatic rings. The van der Waals surface area contributed by atoms with Crippen LogP contribution in [-0.4, -0.2) is 48.3 Å². The molecule has 0 saturated carbocycles. The van der Waals surface area contributed by atoms with Crippen LogP contribution in [0.2, 0.25) is 0 Å². The van der Waals surface area contributed by atoms with Gasteiger partial charge in [-0.05, 0) is 26.0 Å². The predicted molar refractivity (Wildman–Crippen MR) is 76.2 cm³/mol. The number of hydrogen-bond acceptors (Lipinski definition) is 3. The van der Waals surface area contributed by atoms with Gasteiger partial charge in [0.15, 0.2) is 0 Å². The summed E-state index contributed by atoms with van der Waals surface area (Å²) in [4.78, 5) is 2.46. The van der Waals surface area contributed by atoms with Gasteiger partial charge in [0.2, 0.25) is 0 Å². The zero-order chi connectivity index (χ0) is 13.0. The van der Waals surface area contributed by atoms with Crippen LogP contribution in [0.3, 0.4) is 0 Å². The summed E-state index contributed by atoms with van der Waals surface area (Å²) in [7, 11) is 0. The Morgan fingerprint density at radius 1 is 1.17 bits per heavy atom. The Bertz CT molecular complexity index is 361. The first kappa shape index (κ1) is 13.0. The maximum atomic E-state index is 4.09. The maximum absolute atomic E-state index is 4.09. The van der Waals surface area contributed by atoms with Gasteiger partial charge in [0.25, 0.3) is 0 Å². The zero-order valence-corrected chi connectivity index (χ0v) is 11.5. The Balaban J connectivity index is 1.75. The van der Waals surface area contributed by atoms with Gasteiger partial charge in [-0.1, -0.05) is 6.58 Å². The lowest BCUT2D eigenvalue weighted by Crippen LogP contribution is -2.51. The van der Waals surface area contributed by atoms with Crippen LogP contribution in [-0.2, 0) is 0 Å². The Morgan fingerprint density at radius 2 is 1.78 bits per heavy atom. The van der Waals surface area contributed by atoms with Gasteiger partial charge < -0.3 is 10.3 Å². The summed E-state index contributed by atoms with van der Waals surface area (Å²) >= 11 is 0. The summed E-state index contributed by atoms with van der Waals surface area (Å²) in [6.07, 6.45) is 4.21. The Kier molecular flexibility index (Phi) is 4.31. The molecule has 0 spiro atoms. The number of aromatic nitrogens is 1. The molecular weight excluding hydrogens is 224 g/mol. The molecule has 0 unspecified atom stereocenters. The van der Waals surface area contributed by atoms with E-state index in [0.717, 1.165) is 38.4 Å². The highest BCUT2D eigenvalue weighted by molar-refractivity contribution is 5.02. The van der Waals surface area contributed by atoms with Crippen LogP contribution in [0.1, 0.15) is 13.8 Å². The summed E-state index contributed by atoms with van der Waals surface area (Å²) in [5.41, 5.74) is 1.12. The minimum absolute atomic E-state index is 0.471. The van der Waals surface area contributed by atoms with E-state index < -0.39 is 0 Å². The SMILES string of the molecule is C=C(CN1CCN(n2cccc2)CC1)NC(C)C. The molecule has 1 fully saturated rings. The number of nitrogens with one attached hydrogen (secondary N) is 1. The van der Waals surface area contributed by atoms with Crippen molar-refractivity contribution in [2.75, 3.05) is 37.7 Å². The largest absolute Gasteiger partial charge is 0.386 e. The summed E-state index contributed by atoms with van der Waals surface area (Å²) in [6.45, 7) is 13.7. The third-order valence-corrected chi connectivity index (χ3v) is 3.17. The molecule has 1 saturated heterocycles. The van der Waals surface area contributed by atoms with Gasteiger partial charge in [-0.15, -0.1) is 0 Å². The molecule has 1 aromatic heterocycles. The molecule has 18 heavy (non-hydrogen) atoms. The normalized spacial score (nSPS) is 17.2. The third-order valence-electron chi connectivity index (χ3n) is 3.17. The predicted octanol–water partition coefficient (Wildman–Crippen LogP) is 1.25. The van der Waals surface area contributed by atoms with Gasteiger partial charge >= 0.3 is 0 Å². The number of hydrogen-bond donors (Lipinski definition) is 1. The molecule has 2 heterocycles. The van der Waals surface area contributed by atoms with E-state index in [2.05, 4.69) is 64.9 Å². The molecule has 4 heteroatoms. The average Bonchev–Trinajstić information content (AvgIpc) is 2.82. The smallest absolute Gasteiger partial charge is 0.0472 e. The van der Waals surface area contributed by atoms with Crippen molar-refractivity contribution < 1.29 is 0 Å². The molecule has 100 valence electrons. The van der Waals surface area contributed by atoms with Gasteiger partial charge in [0.05, 0.1) is 0 Å². The highest BCUT2D eigenvalue weighted by atomic mass is 15.6. The summed E-state index contributed by atoms with van der Waals surface area (Å²) in [5, 5.41) is 5.74. The van der Waals surface area contributed by atoms with Gasteiger partial charge in [0, 0.05) is 56.9 Å². The monoisotopic (exact) mass is 248 g/mol. The lowest BCUT2D eigenvalue weighted by Gasteiger charge is -2.37. The van der Waals surface area contributed by atoms with Gasteiger partial charge in [-0.3, -0.25) is 9.58 Å². The Labute approximate surface area is 110 Å². The van der Waals surface area contributed by atoms with Gasteiger partial charge in [-0.2, -0.15) is 0 Å². The van der Waals surface area contributed by atoms with Crippen LogP contribution in [0.15, 0.2) is 36.8 Å². The zero-order valence-electron chi connectivity index (χ0n) is 11.5. The molecule has 0 radical (unpaired) electrons. The lowest BCUT2D eigenvalue weighted by molar-refractivity contribution is 0.253. The molecule has 2 rings (SSSR count). The van der Waals surface area contributed by atoms with Crippen molar-refractivity contribution in [2.45, 2.75) is 19.9 Å². The van der Waals surface area contributed by atoms with Crippen molar-refractivity contribution in [3.05, 3.63) is 36.8 Å². The lowest BCUT2D eigenvalue weighted by atomic mass is 10.3. The van der Waals surface area contributed by atoms with E-state index >= 15 is 0 Å². The van der Waals surface area contributed by atoms with E-state index in [9.17, 15) is 0 Å². The van der Waals surface area contributed by atoms with Crippen molar-refractivity contribution in [1.82, 2.24) is 14.9 Å². The second-order valence-corrected chi connectivity index (χ2v) is 5.20. The topological polar surface area (TPSA) is 23.4 Å². The standard InChI is InChI=1S/C14H24N4/c1-13(2)15-14(3)12-16-8-10-18(11-9-16)17-6-4-5-7-17/h4-7,13,15H,3,8-12H2,1-2H3. The van der Waals surface area contributed by atoms with Gasteiger partial charge in [0.1, 0.15) is 0 Å². The molecule has 0 amide bonds. The van der Waals surface area contributed by atoms with E-state index in [0.29, 0.717) is 6.04 Å². The van der Waals surface area contributed by atoms with Crippen LogP contribution in [0.25, 0.3) is 0 Å². The molecule has 1 aliphatic heterocycles. The Hall–Kier alpha value is -1.42. The minimum Gasteiger partial charge on any atom is -0.386 e. The first-order valence-electron chi connectivity index (χ1n) is 6.70. The van der Waals surface area contributed by atoms with Crippen molar-refractivity contribution >= 4 is 0 Å². The fourth-order valence-corrected chi connectivity index (χ4v) is 2.36. The summed E-state index contributed by atoms with van der Waals surface area (Å²) in [6, 6.07) is 4.61. The van der Waals surface area contributed by atoms with Crippen molar-refractivity contribution in [3.63, 3.8) is 0 Å². The van der Waals surface area contributed by atoms with E-state index in [4.69, 9.17) is 0 Å². The average molecular weight is 248 g/mol. The van der Waals surface area contributed by atoms with E-state index in [1.165, 1.54) is 0 Å². The number of rotatable bonds is 5. The van der Waals surface area contributed by atoms with Crippen LogP contribution in [0, 0.1) is 0 Å². The second-order valence-electron chi connectivity index (χ2n) is 5.20. The summed E-state index contributed by atoms with van der Waals surface area (Å²) in [5.74, 6) is 0. The van der Waals surface area contributed by atoms with Crippen molar-refractivity contribution in [2.24, 2.45) is 0 Å². The molecular formula is C14H24N4. The van der Waals surface area contributed by atoms with Crippen molar-refractivity contribution in [3.8, 4) is 0 Å². The highest BCUT2D eigenvalue weighted by Gasteiger charge is 2.17. The Morgan fingerprint density at radius 3 is 2.33 bits per heavy atom. The van der Waals surface area contributed by atoms with Crippen LogP contribution in [0.5, 0.6) is 0 Å². The fourth-order valence-electron chi connectivity index (χ4n) is 2.36. The molecule has 0 aliphatic carbocycles. The van der Waals surface area contributed by atoms with E-state index in [-0.39, 0.29) is 0 Å². The highest BCUT2D eigenvalue weighted by Crippen LogP contribution is 2.04. The number of nitrogens with zero attached hydrogens (tertiary/aromatic N) is 3. The molecule has 1 aromatic rings. The second kappa shape index (κ2) is 5.96. The van der Waals surface area contributed by atoms with E-state index in [1.807, 2.05) is 0 Å². The molecule has 4 nitrogen and oxygen atoms in total. The summed E-state index contributed by atoms with van der Waals surface area (Å²) < 4.78 is 2.18. The van der Waals surface area contributed by atoms with Crippen molar-refractivity contribution in [1.29, 1.82) is 0 Å². The van der Waals surface area contributed by atoms with Crippen LogP contribution < -0.4 is 10.3 Å². The molecule has 1 N–H and O–H groups in total. The maximum Gasteiger partial charge on any atom is 0.0472 e. The molecule has 0 aromatic carbocycles.